The van der Waals surface area contributed by atoms with Gasteiger partial charge >= 0.3 is 0 Å². The monoisotopic (exact) mass is 540 g/mol. The number of halogens is 2. The third-order valence-corrected chi connectivity index (χ3v) is 7.89. The molecule has 11 heteroatoms. The number of hydrogen-bond acceptors (Lipinski definition) is 6. The molecule has 3 atom stereocenters. The minimum atomic E-state index is -0.313. The molecule has 5 rings (SSSR count). The maximum atomic E-state index is 13.8. The zero-order valence-corrected chi connectivity index (χ0v) is 22.4. The van der Waals surface area contributed by atoms with Crippen LogP contribution in [0, 0.1) is 0 Å². The number of carbonyl (C=O) groups excluding carboxylic acids is 3. The second kappa shape index (κ2) is 9.54. The smallest absolute Gasteiger partial charge is 0.273 e. The first-order valence-corrected chi connectivity index (χ1v) is 12.8. The van der Waals surface area contributed by atoms with E-state index in [1.807, 2.05) is 20.8 Å². The first-order chi connectivity index (χ1) is 17.6. The fourth-order valence-electron chi connectivity index (χ4n) is 5.01. The second-order valence-corrected chi connectivity index (χ2v) is 10.5. The Morgan fingerprint density at radius 1 is 1.08 bits per heavy atom. The standard InChI is InChI=1S/C26H26Cl2N6O3/c1-13-7-22-19(12-32(13)25(36)17-5-6-20(27)21(28)8-17)23-26(37)33(11-14(2)34(23)31-22)15(3)18-9-29-24(16(4)35)30-10-18/h5-6,8-10,13-15H,7,11-12H2,1-4H3/t13-,14-,15?/m1/s1. The van der Waals surface area contributed by atoms with Gasteiger partial charge in [-0.3, -0.25) is 19.1 Å². The van der Waals surface area contributed by atoms with Gasteiger partial charge in [0, 0.05) is 55.0 Å². The molecule has 0 saturated carbocycles. The molecule has 0 N–H and O–H groups in total. The van der Waals surface area contributed by atoms with Crippen LogP contribution in [0.15, 0.2) is 30.6 Å². The SMILES string of the molecule is CC(=O)c1ncc(C(C)N2C[C@@H](C)n3nc4c(c3C2=O)CN(C(=O)c2ccc(Cl)c(Cl)c2)[C@H](C)C4)cn1. The summed E-state index contributed by atoms with van der Waals surface area (Å²) in [5.74, 6) is -0.415. The van der Waals surface area contributed by atoms with Crippen LogP contribution in [-0.4, -0.2) is 59.7 Å². The van der Waals surface area contributed by atoms with E-state index in [-0.39, 0.29) is 48.1 Å². The van der Waals surface area contributed by atoms with Crippen molar-refractivity contribution in [3.05, 3.63) is 74.5 Å². The van der Waals surface area contributed by atoms with E-state index >= 15 is 0 Å². The topological polar surface area (TPSA) is 101 Å². The van der Waals surface area contributed by atoms with E-state index in [4.69, 9.17) is 28.3 Å². The highest BCUT2D eigenvalue weighted by atomic mass is 35.5. The highest BCUT2D eigenvalue weighted by Crippen LogP contribution is 2.35. The summed E-state index contributed by atoms with van der Waals surface area (Å²) in [4.78, 5) is 50.6. The Hall–Kier alpha value is -3.30. The number of nitrogens with zero attached hydrogens (tertiary/aromatic N) is 6. The number of carbonyl (C=O) groups is 3. The van der Waals surface area contributed by atoms with Gasteiger partial charge in [-0.25, -0.2) is 9.97 Å². The van der Waals surface area contributed by atoms with Crippen LogP contribution in [0.3, 0.4) is 0 Å². The van der Waals surface area contributed by atoms with Crippen molar-refractivity contribution in [2.75, 3.05) is 6.54 Å². The Labute approximate surface area is 224 Å². The molecule has 37 heavy (non-hydrogen) atoms. The molecule has 0 bridgehead atoms. The zero-order valence-electron chi connectivity index (χ0n) is 20.9. The molecule has 192 valence electrons. The maximum Gasteiger partial charge on any atom is 0.273 e. The fourth-order valence-corrected chi connectivity index (χ4v) is 5.30. The molecule has 0 radical (unpaired) electrons. The molecule has 2 amide bonds. The van der Waals surface area contributed by atoms with Gasteiger partial charge in [0.15, 0.2) is 11.6 Å². The van der Waals surface area contributed by atoms with Crippen LogP contribution in [0.1, 0.15) is 88.1 Å². The largest absolute Gasteiger partial charge is 0.331 e. The summed E-state index contributed by atoms with van der Waals surface area (Å²) < 4.78 is 1.80. The summed E-state index contributed by atoms with van der Waals surface area (Å²) in [5.41, 5.74) is 3.28. The average molecular weight is 541 g/mol. The van der Waals surface area contributed by atoms with Crippen LogP contribution in [0.5, 0.6) is 0 Å². The third-order valence-electron chi connectivity index (χ3n) is 7.15. The Morgan fingerprint density at radius 3 is 2.43 bits per heavy atom. The van der Waals surface area contributed by atoms with Crippen LogP contribution in [0.25, 0.3) is 0 Å². The molecule has 4 heterocycles. The summed E-state index contributed by atoms with van der Waals surface area (Å²) in [6.45, 7) is 8.05. The average Bonchev–Trinajstić information content (AvgIpc) is 3.25. The summed E-state index contributed by atoms with van der Waals surface area (Å²) in [5, 5.41) is 5.49. The van der Waals surface area contributed by atoms with E-state index in [1.54, 1.807) is 45.1 Å². The van der Waals surface area contributed by atoms with E-state index in [2.05, 4.69) is 9.97 Å². The Bertz CT molecular complexity index is 1420. The molecule has 0 spiro atoms. The lowest BCUT2D eigenvalue weighted by Crippen LogP contribution is -2.45. The second-order valence-electron chi connectivity index (χ2n) is 9.71. The normalized spacial score (nSPS) is 19.9. The zero-order chi connectivity index (χ0) is 26.6. The third kappa shape index (κ3) is 4.40. The van der Waals surface area contributed by atoms with Crippen molar-refractivity contribution in [1.82, 2.24) is 29.5 Å². The van der Waals surface area contributed by atoms with Gasteiger partial charge in [0.2, 0.25) is 0 Å². The molecule has 9 nitrogen and oxygen atoms in total. The lowest BCUT2D eigenvalue weighted by molar-refractivity contribution is 0.0573. The number of Topliss-reactive ketones (excluding diaryl/α,β-unsaturated/α-hetero) is 1. The van der Waals surface area contributed by atoms with E-state index < -0.39 is 0 Å². The molecular weight excluding hydrogens is 515 g/mol. The van der Waals surface area contributed by atoms with Gasteiger partial charge in [0.25, 0.3) is 11.8 Å². The van der Waals surface area contributed by atoms with Crippen LogP contribution < -0.4 is 0 Å². The number of amides is 2. The predicted molar refractivity (Wildman–Crippen MR) is 138 cm³/mol. The first-order valence-electron chi connectivity index (χ1n) is 12.1. The molecule has 2 aliphatic rings. The number of benzene rings is 1. The van der Waals surface area contributed by atoms with Crippen molar-refractivity contribution in [3.63, 3.8) is 0 Å². The van der Waals surface area contributed by atoms with Crippen LogP contribution in [0.2, 0.25) is 10.0 Å². The molecule has 0 aliphatic carbocycles. The van der Waals surface area contributed by atoms with Gasteiger partial charge in [-0.05, 0) is 39.0 Å². The van der Waals surface area contributed by atoms with Crippen molar-refractivity contribution in [2.24, 2.45) is 0 Å². The van der Waals surface area contributed by atoms with Crippen molar-refractivity contribution in [1.29, 1.82) is 0 Å². The molecule has 0 saturated heterocycles. The van der Waals surface area contributed by atoms with Gasteiger partial charge in [0.1, 0.15) is 5.69 Å². The van der Waals surface area contributed by atoms with Gasteiger partial charge in [0.05, 0.1) is 34.4 Å². The summed E-state index contributed by atoms with van der Waals surface area (Å²) in [6.07, 6.45) is 3.72. The Morgan fingerprint density at radius 2 is 1.78 bits per heavy atom. The van der Waals surface area contributed by atoms with Crippen molar-refractivity contribution < 1.29 is 14.4 Å². The highest BCUT2D eigenvalue weighted by molar-refractivity contribution is 6.42. The summed E-state index contributed by atoms with van der Waals surface area (Å²) >= 11 is 12.2. The number of fused-ring (bicyclic) bond motifs is 3. The molecule has 2 aliphatic heterocycles. The van der Waals surface area contributed by atoms with E-state index in [0.29, 0.717) is 34.3 Å². The number of rotatable bonds is 4. The highest BCUT2D eigenvalue weighted by Gasteiger charge is 2.40. The fraction of sp³-hybridized carbons (Fsp3) is 0.385. The Balaban J connectivity index is 1.46. The molecule has 3 aromatic rings. The van der Waals surface area contributed by atoms with Gasteiger partial charge in [-0.2, -0.15) is 5.10 Å². The van der Waals surface area contributed by atoms with Gasteiger partial charge in [-0.1, -0.05) is 23.2 Å². The molecule has 0 fully saturated rings. The van der Waals surface area contributed by atoms with Gasteiger partial charge < -0.3 is 9.80 Å². The molecular formula is C26H26Cl2N6O3. The van der Waals surface area contributed by atoms with Gasteiger partial charge in [-0.15, -0.1) is 0 Å². The maximum absolute atomic E-state index is 13.8. The van der Waals surface area contributed by atoms with Crippen molar-refractivity contribution in [3.8, 4) is 0 Å². The van der Waals surface area contributed by atoms with Crippen LogP contribution >= 0.6 is 23.2 Å². The van der Waals surface area contributed by atoms with E-state index in [9.17, 15) is 14.4 Å². The minimum absolute atomic E-state index is 0.0623. The van der Waals surface area contributed by atoms with E-state index in [0.717, 1.165) is 16.8 Å². The number of aromatic nitrogens is 4. The lowest BCUT2D eigenvalue weighted by Gasteiger charge is -2.37. The van der Waals surface area contributed by atoms with Crippen molar-refractivity contribution >= 4 is 40.8 Å². The first kappa shape index (κ1) is 25.4. The predicted octanol–water partition coefficient (Wildman–Crippen LogP) is 4.55. The summed E-state index contributed by atoms with van der Waals surface area (Å²) in [6, 6.07) is 4.35. The lowest BCUT2D eigenvalue weighted by atomic mass is 9.97. The molecule has 2 aromatic heterocycles. The molecule has 1 aromatic carbocycles. The Kier molecular flexibility index (Phi) is 6.53. The van der Waals surface area contributed by atoms with Crippen LogP contribution in [-0.2, 0) is 13.0 Å². The quantitative estimate of drug-likeness (QED) is 0.450. The minimum Gasteiger partial charge on any atom is -0.331 e. The van der Waals surface area contributed by atoms with Crippen molar-refractivity contribution in [2.45, 2.75) is 58.8 Å². The van der Waals surface area contributed by atoms with Crippen LogP contribution in [0.4, 0.5) is 0 Å². The number of ketones is 1. The number of hydrogen-bond donors (Lipinski definition) is 0. The van der Waals surface area contributed by atoms with E-state index in [1.165, 1.54) is 6.92 Å². The summed E-state index contributed by atoms with van der Waals surface area (Å²) in [7, 11) is 0. The molecule has 1 unspecified atom stereocenters.